The highest BCUT2D eigenvalue weighted by molar-refractivity contribution is 7.53. The molecule has 1 saturated heterocycles. The number of nitrogens with zero attached hydrogens (tertiary/aromatic N) is 1. The molecule has 7 heteroatoms. The maximum atomic E-state index is 12.9. The highest BCUT2D eigenvalue weighted by atomic mass is 31.2. The zero-order valence-corrected chi connectivity index (χ0v) is 23.8. The van der Waals surface area contributed by atoms with Gasteiger partial charge < -0.3 is 14.4 Å². The van der Waals surface area contributed by atoms with Crippen LogP contribution in [0.2, 0.25) is 0 Å². The SMILES string of the molecule is CC1=CCC(C(C)C)=C(O)C=C1.CCc1c(C)cc(OC[P@]2(=O)OCCC(c3cccnc3)O2)cc1C. The van der Waals surface area contributed by atoms with E-state index in [-0.39, 0.29) is 12.5 Å². The molecule has 1 fully saturated rings. The van der Waals surface area contributed by atoms with Crippen LogP contribution in [0.15, 0.2) is 71.8 Å². The zero-order chi connectivity index (χ0) is 27.0. The molecule has 0 bridgehead atoms. The van der Waals surface area contributed by atoms with Gasteiger partial charge in [0.25, 0.3) is 0 Å². The fourth-order valence-electron chi connectivity index (χ4n) is 4.48. The van der Waals surface area contributed by atoms with E-state index < -0.39 is 7.60 Å². The summed E-state index contributed by atoms with van der Waals surface area (Å²) in [6.07, 6.45) is 11.5. The van der Waals surface area contributed by atoms with Crippen LogP contribution in [0.3, 0.4) is 0 Å². The molecule has 0 amide bonds. The highest BCUT2D eigenvalue weighted by Gasteiger charge is 2.35. The van der Waals surface area contributed by atoms with Gasteiger partial charge in [0, 0.05) is 18.8 Å². The van der Waals surface area contributed by atoms with Gasteiger partial charge in [-0.3, -0.25) is 14.1 Å². The Balaban J connectivity index is 0.000000266. The summed E-state index contributed by atoms with van der Waals surface area (Å²) in [4.78, 5) is 4.10. The minimum atomic E-state index is -3.30. The van der Waals surface area contributed by atoms with E-state index >= 15 is 0 Å². The Kier molecular flexibility index (Phi) is 10.3. The van der Waals surface area contributed by atoms with Crippen LogP contribution in [0.4, 0.5) is 0 Å². The van der Waals surface area contributed by atoms with E-state index in [0.29, 0.717) is 30.5 Å². The minimum Gasteiger partial charge on any atom is -0.508 e. The Morgan fingerprint density at radius 2 is 1.92 bits per heavy atom. The van der Waals surface area contributed by atoms with E-state index in [1.807, 2.05) is 37.3 Å². The van der Waals surface area contributed by atoms with Crippen LogP contribution >= 0.6 is 7.60 Å². The molecule has 1 unspecified atom stereocenters. The molecule has 6 nitrogen and oxygen atoms in total. The second-order valence-electron chi connectivity index (χ2n) is 9.83. The van der Waals surface area contributed by atoms with Gasteiger partial charge in [-0.1, -0.05) is 44.6 Å². The maximum absolute atomic E-state index is 12.9. The molecule has 0 spiro atoms. The Morgan fingerprint density at radius 1 is 1.19 bits per heavy atom. The van der Waals surface area contributed by atoms with Crippen molar-refractivity contribution < 1.29 is 23.5 Å². The summed E-state index contributed by atoms with van der Waals surface area (Å²) in [5.41, 5.74) is 6.93. The monoisotopic (exact) mass is 525 g/mol. The quantitative estimate of drug-likeness (QED) is 0.382. The van der Waals surface area contributed by atoms with Gasteiger partial charge >= 0.3 is 7.60 Å². The fourth-order valence-corrected chi connectivity index (χ4v) is 5.98. The minimum absolute atomic E-state index is 0.0892. The van der Waals surface area contributed by atoms with Crippen LogP contribution in [-0.2, 0) is 20.0 Å². The van der Waals surface area contributed by atoms with Gasteiger partial charge in [0.05, 0.1) is 12.7 Å². The van der Waals surface area contributed by atoms with Crippen molar-refractivity contribution in [2.24, 2.45) is 5.92 Å². The van der Waals surface area contributed by atoms with Gasteiger partial charge in [-0.05, 0) is 91.6 Å². The Hall–Kier alpha value is -2.66. The Labute approximate surface area is 221 Å². The first-order valence-electron chi connectivity index (χ1n) is 12.9. The predicted octanol–water partition coefficient (Wildman–Crippen LogP) is 8.33. The van der Waals surface area contributed by atoms with E-state index in [1.54, 1.807) is 18.5 Å². The second kappa shape index (κ2) is 13.2. The van der Waals surface area contributed by atoms with Crippen LogP contribution in [0.25, 0.3) is 0 Å². The van der Waals surface area contributed by atoms with Crippen molar-refractivity contribution in [2.45, 2.75) is 66.9 Å². The molecular formula is C30H40NO5P. The molecular weight excluding hydrogens is 485 g/mol. The normalized spacial score (nSPS) is 21.7. The third kappa shape index (κ3) is 8.16. The Morgan fingerprint density at radius 3 is 2.54 bits per heavy atom. The lowest BCUT2D eigenvalue weighted by atomic mass is 9.99. The summed E-state index contributed by atoms with van der Waals surface area (Å²) >= 11 is 0. The molecule has 2 aromatic rings. The number of allylic oxidation sites excluding steroid dienone is 5. The zero-order valence-electron chi connectivity index (χ0n) is 22.9. The maximum Gasteiger partial charge on any atom is 0.368 e. The predicted molar refractivity (Wildman–Crippen MR) is 149 cm³/mol. The topological polar surface area (TPSA) is 77.9 Å². The molecule has 4 rings (SSSR count). The Bertz CT molecular complexity index is 1180. The average molecular weight is 526 g/mol. The number of aromatic nitrogens is 1. The van der Waals surface area contributed by atoms with Crippen molar-refractivity contribution in [1.82, 2.24) is 4.98 Å². The fraction of sp³-hybridized carbons (Fsp3) is 0.433. The number of pyridine rings is 1. The number of rotatable bonds is 6. The summed E-state index contributed by atoms with van der Waals surface area (Å²) in [5, 5.41) is 9.60. The lowest BCUT2D eigenvalue weighted by Gasteiger charge is -2.29. The molecule has 0 saturated carbocycles. The smallest absolute Gasteiger partial charge is 0.368 e. The molecule has 2 aliphatic rings. The molecule has 200 valence electrons. The highest BCUT2D eigenvalue weighted by Crippen LogP contribution is 2.55. The first-order valence-corrected chi connectivity index (χ1v) is 14.7. The third-order valence-electron chi connectivity index (χ3n) is 6.60. The van der Waals surface area contributed by atoms with E-state index in [4.69, 9.17) is 13.8 Å². The van der Waals surface area contributed by atoms with Gasteiger partial charge in [-0.15, -0.1) is 0 Å². The first kappa shape index (κ1) is 28.9. The van der Waals surface area contributed by atoms with E-state index in [2.05, 4.69) is 45.7 Å². The van der Waals surface area contributed by atoms with Crippen LogP contribution in [-0.4, -0.2) is 23.0 Å². The summed E-state index contributed by atoms with van der Waals surface area (Å²) in [6, 6.07) is 7.71. The van der Waals surface area contributed by atoms with Gasteiger partial charge in [-0.25, -0.2) is 0 Å². The van der Waals surface area contributed by atoms with Gasteiger partial charge in [0.2, 0.25) is 0 Å². The van der Waals surface area contributed by atoms with Crippen molar-refractivity contribution in [2.75, 3.05) is 13.0 Å². The number of aliphatic hydroxyl groups is 1. The first-order chi connectivity index (χ1) is 17.6. The number of hydrogen-bond donors (Lipinski definition) is 1. The summed E-state index contributed by atoms with van der Waals surface area (Å²) < 4.78 is 29.8. The number of benzene rings is 1. The van der Waals surface area contributed by atoms with Crippen molar-refractivity contribution in [3.05, 3.63) is 94.0 Å². The van der Waals surface area contributed by atoms with E-state index in [1.165, 1.54) is 22.3 Å². The molecule has 1 aliphatic carbocycles. The van der Waals surface area contributed by atoms with Crippen molar-refractivity contribution >= 4 is 7.60 Å². The van der Waals surface area contributed by atoms with Crippen molar-refractivity contribution in [3.8, 4) is 5.75 Å². The van der Waals surface area contributed by atoms with Crippen LogP contribution in [0.1, 0.15) is 68.9 Å². The van der Waals surface area contributed by atoms with E-state index in [9.17, 15) is 9.67 Å². The number of ether oxygens (including phenoxy) is 1. The molecule has 0 radical (unpaired) electrons. The largest absolute Gasteiger partial charge is 0.508 e. The summed E-state index contributed by atoms with van der Waals surface area (Å²) in [7, 11) is -3.30. The molecule has 2 heterocycles. The molecule has 2 atom stereocenters. The molecule has 1 aromatic carbocycles. The number of aliphatic hydroxyl groups excluding tert-OH is 1. The van der Waals surface area contributed by atoms with E-state index in [0.717, 1.165) is 24.0 Å². The van der Waals surface area contributed by atoms with Gasteiger partial charge in [0.1, 0.15) is 11.5 Å². The molecule has 37 heavy (non-hydrogen) atoms. The van der Waals surface area contributed by atoms with Crippen LogP contribution in [0.5, 0.6) is 5.75 Å². The lowest BCUT2D eigenvalue weighted by molar-refractivity contribution is 0.0723. The van der Waals surface area contributed by atoms with Crippen molar-refractivity contribution in [1.29, 1.82) is 0 Å². The standard InChI is InChI=1S/C19H24NO4P.C11H16O/c1-4-18-14(2)10-17(11-15(18)3)22-13-25(21)23-9-7-19(24-25)16-6-5-8-20-12-16;1-8(2)10-6-4-9(3)5-7-11(10)12/h5-6,8,10-12,19H,4,7,9,13H2,1-3H3;4-5,7-8,12H,6H2,1-3H3/t19?,25-;/m0./s1. The van der Waals surface area contributed by atoms with Crippen molar-refractivity contribution in [3.63, 3.8) is 0 Å². The van der Waals surface area contributed by atoms with Gasteiger partial charge in [-0.2, -0.15) is 0 Å². The summed E-state index contributed by atoms with van der Waals surface area (Å²) in [5.74, 6) is 1.56. The van der Waals surface area contributed by atoms with Crippen LogP contribution in [0, 0.1) is 19.8 Å². The third-order valence-corrected chi connectivity index (χ3v) is 8.20. The lowest BCUT2D eigenvalue weighted by Crippen LogP contribution is -2.17. The van der Waals surface area contributed by atoms with Crippen LogP contribution < -0.4 is 4.74 Å². The molecule has 1 N–H and O–H groups in total. The molecule has 1 aliphatic heterocycles. The second-order valence-corrected chi connectivity index (χ2v) is 11.8. The molecule has 1 aromatic heterocycles. The number of aryl methyl sites for hydroxylation is 2. The van der Waals surface area contributed by atoms with Gasteiger partial charge in [0.15, 0.2) is 6.35 Å². The average Bonchev–Trinajstić information content (AvgIpc) is 3.04. The summed E-state index contributed by atoms with van der Waals surface area (Å²) in [6.45, 7) is 12.9. The number of hydrogen-bond acceptors (Lipinski definition) is 6.